The Hall–Kier alpha value is -2.29. The van der Waals surface area contributed by atoms with Gasteiger partial charge in [0, 0.05) is 30.0 Å². The van der Waals surface area contributed by atoms with Crippen molar-refractivity contribution < 1.29 is 4.79 Å². The van der Waals surface area contributed by atoms with Gasteiger partial charge < -0.3 is 4.79 Å². The van der Waals surface area contributed by atoms with E-state index in [0.717, 1.165) is 54.7 Å². The Bertz CT molecular complexity index is 906. The molecule has 3 aliphatic carbocycles. The first-order chi connectivity index (χ1) is 16.3. The van der Waals surface area contributed by atoms with Crippen molar-refractivity contribution in [3.63, 3.8) is 0 Å². The van der Waals surface area contributed by atoms with Crippen molar-refractivity contribution >= 4 is 17.4 Å². The van der Waals surface area contributed by atoms with Gasteiger partial charge in [-0.25, -0.2) is 9.97 Å². The highest BCUT2D eigenvalue weighted by molar-refractivity contribution is 5.72. The number of hydrogen-bond acceptors (Lipinski definition) is 3. The molecule has 176 valence electrons. The van der Waals surface area contributed by atoms with Gasteiger partial charge in [-0.05, 0) is 61.9 Å². The highest BCUT2D eigenvalue weighted by Gasteiger charge is 2.27. The van der Waals surface area contributed by atoms with Gasteiger partial charge in [0.1, 0.15) is 6.29 Å². The first kappa shape index (κ1) is 23.9. The molecule has 4 rings (SSSR count). The summed E-state index contributed by atoms with van der Waals surface area (Å²) < 4.78 is 0. The van der Waals surface area contributed by atoms with Gasteiger partial charge in [0.25, 0.3) is 0 Å². The number of allylic oxidation sites excluding steroid dienone is 8. The fraction of sp³-hybridized carbons (Fsp3) is 0.567. The van der Waals surface area contributed by atoms with Crippen molar-refractivity contribution in [2.75, 3.05) is 0 Å². The van der Waals surface area contributed by atoms with Gasteiger partial charge in [-0.15, -0.1) is 0 Å². The van der Waals surface area contributed by atoms with Crippen molar-refractivity contribution in [3.8, 4) is 0 Å². The van der Waals surface area contributed by atoms with Crippen LogP contribution in [0.4, 0.5) is 0 Å². The lowest BCUT2D eigenvalue weighted by molar-refractivity contribution is -0.107. The number of carbonyl (C=O) groups is 1. The van der Waals surface area contributed by atoms with Crippen LogP contribution in [0, 0.1) is 17.8 Å². The van der Waals surface area contributed by atoms with Crippen LogP contribution < -0.4 is 0 Å². The molecule has 3 aliphatic rings. The molecule has 0 aliphatic heterocycles. The summed E-state index contributed by atoms with van der Waals surface area (Å²) >= 11 is 0. The van der Waals surface area contributed by atoms with Gasteiger partial charge in [-0.2, -0.15) is 0 Å². The maximum atomic E-state index is 10.6. The molecule has 0 bridgehead atoms. The first-order valence-corrected chi connectivity index (χ1v) is 13.3. The van der Waals surface area contributed by atoms with Crippen LogP contribution in [0.1, 0.15) is 102 Å². The van der Waals surface area contributed by atoms with Crippen molar-refractivity contribution in [3.05, 3.63) is 59.7 Å². The second-order valence-corrected chi connectivity index (χ2v) is 10.2. The molecule has 1 fully saturated rings. The predicted molar refractivity (Wildman–Crippen MR) is 137 cm³/mol. The maximum Gasteiger partial charge on any atom is 0.158 e. The number of hydrogen-bond donors (Lipinski definition) is 0. The van der Waals surface area contributed by atoms with E-state index in [0.29, 0.717) is 6.42 Å². The summed E-state index contributed by atoms with van der Waals surface area (Å²) in [6.07, 6.45) is 32.0. The average Bonchev–Trinajstić information content (AvgIpc) is 3.24. The molecule has 1 saturated carbocycles. The summed E-state index contributed by atoms with van der Waals surface area (Å²) in [6.45, 7) is 2.33. The Kier molecular flexibility index (Phi) is 8.86. The van der Waals surface area contributed by atoms with Crippen LogP contribution in [-0.4, -0.2) is 16.3 Å². The number of aldehydes is 1. The first-order valence-electron chi connectivity index (χ1n) is 13.3. The maximum absolute atomic E-state index is 10.6. The average molecular weight is 445 g/mol. The molecule has 0 N–H and O–H groups in total. The van der Waals surface area contributed by atoms with E-state index in [2.05, 4.69) is 37.3 Å². The fourth-order valence-corrected chi connectivity index (χ4v) is 6.01. The number of nitrogens with zero attached hydrogens (tertiary/aromatic N) is 2. The predicted octanol–water partition coefficient (Wildman–Crippen LogP) is 7.91. The Morgan fingerprint density at radius 3 is 2.61 bits per heavy atom. The third-order valence-electron chi connectivity index (χ3n) is 7.97. The number of rotatable bonds is 8. The molecule has 1 aromatic heterocycles. The Morgan fingerprint density at radius 1 is 0.970 bits per heavy atom. The van der Waals surface area contributed by atoms with E-state index in [1.54, 1.807) is 0 Å². The smallest absolute Gasteiger partial charge is 0.158 e. The standard InChI is InChI=1S/C30H40N2O/c1-2-6-23-7-3-10-25(14-12-23)26-16-18-27(19-17-26)29-21-31-30(32-22-29)28-11-4-8-24(13-15-28)9-5-20-33/h8,11,13,15,18,20-23,25-26H,2-7,9-10,12,14,16-17,19H2,1H3. The lowest BCUT2D eigenvalue weighted by Gasteiger charge is -2.29. The zero-order valence-electron chi connectivity index (χ0n) is 20.3. The van der Waals surface area contributed by atoms with Crippen LogP contribution in [0.3, 0.4) is 0 Å². The lowest BCUT2D eigenvalue weighted by Crippen LogP contribution is -2.17. The van der Waals surface area contributed by atoms with E-state index < -0.39 is 0 Å². The molecule has 0 radical (unpaired) electrons. The zero-order valence-corrected chi connectivity index (χ0v) is 20.3. The van der Waals surface area contributed by atoms with Crippen LogP contribution >= 0.6 is 0 Å². The minimum absolute atomic E-state index is 0.576. The van der Waals surface area contributed by atoms with Crippen molar-refractivity contribution in [2.45, 2.75) is 90.4 Å². The van der Waals surface area contributed by atoms with Crippen LogP contribution in [0.5, 0.6) is 0 Å². The second kappa shape index (κ2) is 12.3. The lowest BCUT2D eigenvalue weighted by atomic mass is 9.76. The molecule has 1 heterocycles. The highest BCUT2D eigenvalue weighted by atomic mass is 16.1. The van der Waals surface area contributed by atoms with Gasteiger partial charge >= 0.3 is 0 Å². The number of carbonyl (C=O) groups excluding carboxylic acids is 1. The van der Waals surface area contributed by atoms with E-state index in [-0.39, 0.29) is 0 Å². The largest absolute Gasteiger partial charge is 0.303 e. The summed E-state index contributed by atoms with van der Waals surface area (Å²) in [7, 11) is 0. The van der Waals surface area contributed by atoms with E-state index in [4.69, 9.17) is 9.97 Å². The van der Waals surface area contributed by atoms with Gasteiger partial charge in [0.2, 0.25) is 0 Å². The third-order valence-corrected chi connectivity index (χ3v) is 7.97. The minimum Gasteiger partial charge on any atom is -0.303 e. The molecule has 0 aromatic carbocycles. The highest BCUT2D eigenvalue weighted by Crippen LogP contribution is 2.40. The molecule has 3 heteroatoms. The topological polar surface area (TPSA) is 42.9 Å². The molecule has 3 atom stereocenters. The van der Waals surface area contributed by atoms with E-state index >= 15 is 0 Å². The molecular weight excluding hydrogens is 404 g/mol. The van der Waals surface area contributed by atoms with Crippen LogP contribution in [-0.2, 0) is 4.79 Å². The monoisotopic (exact) mass is 444 g/mol. The summed E-state index contributed by atoms with van der Waals surface area (Å²) in [4.78, 5) is 20.0. The second-order valence-electron chi connectivity index (χ2n) is 10.2. The summed E-state index contributed by atoms with van der Waals surface area (Å²) in [6, 6.07) is 0. The Balaban J connectivity index is 1.33. The third kappa shape index (κ3) is 6.62. The molecule has 3 unspecified atom stereocenters. The van der Waals surface area contributed by atoms with Crippen molar-refractivity contribution in [2.24, 2.45) is 17.8 Å². The molecule has 0 spiro atoms. The van der Waals surface area contributed by atoms with Gasteiger partial charge in [0.15, 0.2) is 5.82 Å². The normalized spacial score (nSPS) is 26.0. The minimum atomic E-state index is 0.576. The van der Waals surface area contributed by atoms with Crippen LogP contribution in [0.15, 0.2) is 48.3 Å². The number of aromatic nitrogens is 2. The van der Waals surface area contributed by atoms with Crippen molar-refractivity contribution in [1.82, 2.24) is 9.97 Å². The molecule has 33 heavy (non-hydrogen) atoms. The van der Waals surface area contributed by atoms with Gasteiger partial charge in [-0.1, -0.05) is 81.4 Å². The SMILES string of the molecule is CCCC1CCCC(C2CC=C(c3cnc(C4=CCC=C(CCC=O)C=C4)nc3)CC2)CC1. The Morgan fingerprint density at radius 2 is 1.85 bits per heavy atom. The zero-order chi connectivity index (χ0) is 22.9. The summed E-state index contributed by atoms with van der Waals surface area (Å²) in [5.41, 5.74) is 4.88. The van der Waals surface area contributed by atoms with E-state index in [1.165, 1.54) is 74.5 Å². The van der Waals surface area contributed by atoms with E-state index in [9.17, 15) is 4.79 Å². The molecule has 1 aromatic rings. The Labute approximate surface area is 200 Å². The van der Waals surface area contributed by atoms with Crippen LogP contribution in [0.2, 0.25) is 0 Å². The van der Waals surface area contributed by atoms with E-state index in [1.807, 2.05) is 12.4 Å². The molecule has 0 saturated heterocycles. The molecule has 3 nitrogen and oxygen atoms in total. The quantitative estimate of drug-likeness (QED) is 0.302. The molecule has 0 amide bonds. The summed E-state index contributed by atoms with van der Waals surface area (Å²) in [5.74, 6) is 3.58. The summed E-state index contributed by atoms with van der Waals surface area (Å²) in [5, 5.41) is 0. The molecular formula is C30H40N2O. The van der Waals surface area contributed by atoms with Crippen molar-refractivity contribution in [1.29, 1.82) is 0 Å². The van der Waals surface area contributed by atoms with Crippen LogP contribution in [0.25, 0.3) is 11.1 Å². The van der Waals surface area contributed by atoms with Gasteiger partial charge in [0.05, 0.1) is 0 Å². The van der Waals surface area contributed by atoms with Gasteiger partial charge in [-0.3, -0.25) is 0 Å². The fourth-order valence-electron chi connectivity index (χ4n) is 6.01.